The van der Waals surface area contributed by atoms with Crippen molar-refractivity contribution in [3.63, 3.8) is 0 Å². The maximum absolute atomic E-state index is 12.5. The van der Waals surface area contributed by atoms with Crippen molar-refractivity contribution in [2.75, 3.05) is 13.2 Å². The fraction of sp³-hybridized carbons (Fsp3) is 0.925. The van der Waals surface area contributed by atoms with Crippen LogP contribution in [0.1, 0.15) is 214 Å². The monoisotopic (exact) mass is 653 g/mol. The van der Waals surface area contributed by atoms with Crippen molar-refractivity contribution in [1.82, 2.24) is 0 Å². The summed E-state index contributed by atoms with van der Waals surface area (Å²) in [6.45, 7) is 8.85. The summed E-state index contributed by atoms with van der Waals surface area (Å²) in [7, 11) is 0. The number of rotatable bonds is 35. The third kappa shape index (κ3) is 33.8. The molecule has 0 aromatic carbocycles. The molecule has 0 radical (unpaired) electrons. The summed E-state index contributed by atoms with van der Waals surface area (Å²) < 4.78 is 16.5. The van der Waals surface area contributed by atoms with Crippen molar-refractivity contribution in [3.8, 4) is 0 Å². The zero-order chi connectivity index (χ0) is 33.9. The van der Waals surface area contributed by atoms with Gasteiger partial charge in [-0.05, 0) is 25.2 Å². The van der Waals surface area contributed by atoms with Crippen molar-refractivity contribution < 1.29 is 28.6 Å². The van der Waals surface area contributed by atoms with Crippen LogP contribution in [-0.2, 0) is 28.6 Å². The predicted molar refractivity (Wildman–Crippen MR) is 192 cm³/mol. The van der Waals surface area contributed by atoms with Gasteiger partial charge in [0.25, 0.3) is 0 Å². The molecule has 0 aromatic heterocycles. The van der Waals surface area contributed by atoms with E-state index in [-0.39, 0.29) is 31.1 Å². The van der Waals surface area contributed by atoms with E-state index >= 15 is 0 Å². The SMILES string of the molecule is CCCCCCCCCCCCCCC(=O)OC[C@H](COC(=O)CCCCCCCCC(C)C)OC(=O)CCCCCCCCC. The lowest BCUT2D eigenvalue weighted by Gasteiger charge is -2.18. The standard InChI is InChI=1S/C40H76O6/c1-5-7-9-11-13-14-15-16-17-19-23-27-31-38(41)44-34-37(46-40(43)33-29-25-18-12-10-8-6-2)35-45-39(42)32-28-24-21-20-22-26-30-36(3)4/h36-37H,5-35H2,1-4H3/t37-/m1/s1. The zero-order valence-electron chi connectivity index (χ0n) is 31.0. The van der Waals surface area contributed by atoms with Gasteiger partial charge in [0.2, 0.25) is 0 Å². The summed E-state index contributed by atoms with van der Waals surface area (Å²) in [5, 5.41) is 0. The van der Waals surface area contributed by atoms with Gasteiger partial charge in [-0.3, -0.25) is 14.4 Å². The molecular weight excluding hydrogens is 576 g/mol. The fourth-order valence-corrected chi connectivity index (χ4v) is 5.74. The van der Waals surface area contributed by atoms with Crippen molar-refractivity contribution in [1.29, 1.82) is 0 Å². The molecule has 0 spiro atoms. The Hall–Kier alpha value is -1.59. The van der Waals surface area contributed by atoms with Gasteiger partial charge in [-0.15, -0.1) is 0 Å². The topological polar surface area (TPSA) is 78.9 Å². The van der Waals surface area contributed by atoms with Crippen LogP contribution in [0.4, 0.5) is 0 Å². The van der Waals surface area contributed by atoms with Gasteiger partial charge >= 0.3 is 17.9 Å². The second-order valence-electron chi connectivity index (χ2n) is 14.0. The first kappa shape index (κ1) is 44.4. The van der Waals surface area contributed by atoms with Gasteiger partial charge in [0.15, 0.2) is 6.10 Å². The minimum atomic E-state index is -0.757. The van der Waals surface area contributed by atoms with Crippen LogP contribution in [0.15, 0.2) is 0 Å². The summed E-state index contributed by atoms with van der Waals surface area (Å²) in [6.07, 6.45) is 31.1. The largest absolute Gasteiger partial charge is 0.462 e. The highest BCUT2D eigenvalue weighted by Crippen LogP contribution is 2.15. The molecule has 0 aliphatic heterocycles. The lowest BCUT2D eigenvalue weighted by atomic mass is 10.0. The zero-order valence-corrected chi connectivity index (χ0v) is 31.0. The molecule has 0 aliphatic carbocycles. The van der Waals surface area contributed by atoms with Gasteiger partial charge < -0.3 is 14.2 Å². The number of esters is 3. The van der Waals surface area contributed by atoms with Crippen LogP contribution in [0.2, 0.25) is 0 Å². The van der Waals surface area contributed by atoms with Gasteiger partial charge in [-0.1, -0.05) is 175 Å². The molecule has 46 heavy (non-hydrogen) atoms. The molecule has 0 heterocycles. The summed E-state index contributed by atoms with van der Waals surface area (Å²) >= 11 is 0. The van der Waals surface area contributed by atoms with Crippen molar-refractivity contribution in [3.05, 3.63) is 0 Å². The number of hydrogen-bond acceptors (Lipinski definition) is 6. The van der Waals surface area contributed by atoms with Crippen LogP contribution < -0.4 is 0 Å². The molecule has 0 rings (SSSR count). The molecule has 0 aromatic rings. The van der Waals surface area contributed by atoms with Crippen LogP contribution >= 0.6 is 0 Å². The fourth-order valence-electron chi connectivity index (χ4n) is 5.74. The predicted octanol–water partition coefficient (Wildman–Crippen LogP) is 12.0. The number of ether oxygens (including phenoxy) is 3. The highest BCUT2D eigenvalue weighted by atomic mass is 16.6. The van der Waals surface area contributed by atoms with E-state index in [4.69, 9.17) is 14.2 Å². The number of hydrogen-bond donors (Lipinski definition) is 0. The average Bonchev–Trinajstić information content (AvgIpc) is 3.03. The van der Waals surface area contributed by atoms with E-state index in [9.17, 15) is 14.4 Å². The molecule has 0 aliphatic rings. The maximum atomic E-state index is 12.5. The first-order valence-corrected chi connectivity index (χ1v) is 19.9. The lowest BCUT2D eigenvalue weighted by molar-refractivity contribution is -0.167. The number of carbonyl (C=O) groups excluding carboxylic acids is 3. The van der Waals surface area contributed by atoms with Crippen molar-refractivity contribution in [2.45, 2.75) is 220 Å². The summed E-state index contributed by atoms with van der Waals surface area (Å²) in [5.74, 6) is -0.110. The Kier molecular flexibility index (Phi) is 33.5. The van der Waals surface area contributed by atoms with Gasteiger partial charge in [0.1, 0.15) is 13.2 Å². The molecule has 6 heteroatoms. The Balaban J connectivity index is 4.29. The van der Waals surface area contributed by atoms with Gasteiger partial charge in [-0.25, -0.2) is 0 Å². The molecule has 0 unspecified atom stereocenters. The van der Waals surface area contributed by atoms with E-state index in [1.54, 1.807) is 0 Å². The first-order chi connectivity index (χ1) is 22.4. The quantitative estimate of drug-likeness (QED) is 0.0385. The molecule has 0 saturated carbocycles. The minimum absolute atomic E-state index is 0.0660. The molecule has 0 saturated heterocycles. The molecular formula is C40H76O6. The Morgan fingerprint density at radius 1 is 0.413 bits per heavy atom. The Morgan fingerprint density at radius 2 is 0.717 bits per heavy atom. The Morgan fingerprint density at radius 3 is 1.07 bits per heavy atom. The van der Waals surface area contributed by atoms with Gasteiger partial charge in [-0.2, -0.15) is 0 Å². The van der Waals surface area contributed by atoms with Crippen LogP contribution in [0, 0.1) is 5.92 Å². The third-order valence-electron chi connectivity index (χ3n) is 8.79. The molecule has 1 atom stereocenters. The summed E-state index contributed by atoms with van der Waals surface area (Å²) in [4.78, 5) is 37.3. The maximum Gasteiger partial charge on any atom is 0.306 e. The van der Waals surface area contributed by atoms with E-state index in [1.165, 1.54) is 109 Å². The second-order valence-corrected chi connectivity index (χ2v) is 14.0. The van der Waals surface area contributed by atoms with Gasteiger partial charge in [0, 0.05) is 19.3 Å². The van der Waals surface area contributed by atoms with E-state index < -0.39 is 6.10 Å². The van der Waals surface area contributed by atoms with E-state index in [0.717, 1.165) is 63.7 Å². The highest BCUT2D eigenvalue weighted by molar-refractivity contribution is 5.71. The van der Waals surface area contributed by atoms with E-state index in [1.807, 2.05) is 0 Å². The third-order valence-corrected chi connectivity index (χ3v) is 8.79. The van der Waals surface area contributed by atoms with E-state index in [2.05, 4.69) is 27.7 Å². The minimum Gasteiger partial charge on any atom is -0.462 e. The second kappa shape index (κ2) is 34.7. The van der Waals surface area contributed by atoms with Crippen LogP contribution in [-0.4, -0.2) is 37.2 Å². The Bertz CT molecular complexity index is 691. The van der Waals surface area contributed by atoms with Crippen LogP contribution in [0.5, 0.6) is 0 Å². The summed E-state index contributed by atoms with van der Waals surface area (Å²) in [5.41, 5.74) is 0. The van der Waals surface area contributed by atoms with Crippen LogP contribution in [0.25, 0.3) is 0 Å². The summed E-state index contributed by atoms with van der Waals surface area (Å²) in [6, 6.07) is 0. The highest BCUT2D eigenvalue weighted by Gasteiger charge is 2.19. The molecule has 0 fully saturated rings. The Labute approximate surface area is 285 Å². The first-order valence-electron chi connectivity index (χ1n) is 19.9. The van der Waals surface area contributed by atoms with Gasteiger partial charge in [0.05, 0.1) is 0 Å². The number of unbranched alkanes of at least 4 members (excludes halogenated alkanes) is 22. The average molecular weight is 653 g/mol. The smallest absolute Gasteiger partial charge is 0.306 e. The van der Waals surface area contributed by atoms with Crippen LogP contribution in [0.3, 0.4) is 0 Å². The van der Waals surface area contributed by atoms with Crippen molar-refractivity contribution >= 4 is 17.9 Å². The van der Waals surface area contributed by atoms with Crippen molar-refractivity contribution in [2.24, 2.45) is 5.92 Å². The molecule has 6 nitrogen and oxygen atoms in total. The normalized spacial score (nSPS) is 11.9. The number of carbonyl (C=O) groups is 3. The molecule has 0 bridgehead atoms. The lowest BCUT2D eigenvalue weighted by Crippen LogP contribution is -2.30. The molecule has 0 N–H and O–H groups in total. The molecule has 0 amide bonds. The molecule has 272 valence electrons. The van der Waals surface area contributed by atoms with E-state index in [0.29, 0.717) is 19.3 Å².